The Balaban J connectivity index is 1.41. The molecule has 1 aromatic rings. The van der Waals surface area contributed by atoms with Crippen molar-refractivity contribution in [1.82, 2.24) is 15.5 Å². The first-order valence-electron chi connectivity index (χ1n) is 13.6. The maximum Gasteiger partial charge on any atom is 0.293 e. The number of carbonyl (C=O) groups excluding carboxylic acids is 4. The van der Waals surface area contributed by atoms with Crippen LogP contribution in [0.1, 0.15) is 58.3 Å². The Bertz CT molecular complexity index is 1020. The van der Waals surface area contributed by atoms with Crippen molar-refractivity contribution in [2.45, 2.75) is 69.9 Å². The highest BCUT2D eigenvalue weighted by atomic mass is 16.7. The number of rotatable bonds is 11. The van der Waals surface area contributed by atoms with Crippen LogP contribution in [0, 0.1) is 0 Å². The van der Waals surface area contributed by atoms with Gasteiger partial charge in [-0.15, -0.1) is 0 Å². The Morgan fingerprint density at radius 3 is 2.50 bits per heavy atom. The highest BCUT2D eigenvalue weighted by molar-refractivity contribution is 6.42. The van der Waals surface area contributed by atoms with Crippen molar-refractivity contribution in [1.29, 1.82) is 0 Å². The lowest BCUT2D eigenvalue weighted by atomic mass is 9.80. The second-order valence-corrected chi connectivity index (χ2v) is 10.0. The van der Waals surface area contributed by atoms with Crippen LogP contribution in [0.25, 0.3) is 0 Å². The van der Waals surface area contributed by atoms with Crippen LogP contribution in [-0.4, -0.2) is 79.6 Å². The van der Waals surface area contributed by atoms with E-state index in [9.17, 15) is 19.2 Å². The van der Waals surface area contributed by atoms with Crippen LogP contribution in [0.15, 0.2) is 18.2 Å². The highest BCUT2D eigenvalue weighted by Crippen LogP contribution is 2.34. The summed E-state index contributed by atoms with van der Waals surface area (Å²) in [6, 6.07) is 3.92. The Hall–Kier alpha value is -3.18. The van der Waals surface area contributed by atoms with Gasteiger partial charge < -0.3 is 29.7 Å². The van der Waals surface area contributed by atoms with Crippen LogP contribution < -0.4 is 25.4 Å². The van der Waals surface area contributed by atoms with Crippen LogP contribution in [0.4, 0.5) is 5.69 Å². The number of nitrogens with zero attached hydrogens (tertiary/aromatic N) is 1. The SMILES string of the molecule is CCCC[C@H](NC(=O)C1(NCC(=O)N2CCOCC2)CCCCC1)C(=O)C(=O)Nc1ccc2c(c1)OCO2. The number of hydrogen-bond acceptors (Lipinski definition) is 8. The number of ketones is 1. The van der Waals surface area contributed by atoms with Crippen LogP contribution in [0.5, 0.6) is 11.5 Å². The zero-order valence-corrected chi connectivity index (χ0v) is 22.0. The van der Waals surface area contributed by atoms with Crippen LogP contribution in [-0.2, 0) is 23.9 Å². The molecule has 4 rings (SSSR count). The molecule has 1 saturated carbocycles. The molecule has 1 atom stereocenters. The smallest absolute Gasteiger partial charge is 0.293 e. The summed E-state index contributed by atoms with van der Waals surface area (Å²) in [4.78, 5) is 54.3. The third kappa shape index (κ3) is 6.82. The number of nitrogens with one attached hydrogen (secondary N) is 3. The van der Waals surface area contributed by atoms with Gasteiger partial charge in [0, 0.05) is 24.8 Å². The van der Waals surface area contributed by atoms with Gasteiger partial charge in [0.1, 0.15) is 0 Å². The molecule has 11 heteroatoms. The van der Waals surface area contributed by atoms with E-state index < -0.39 is 23.3 Å². The summed E-state index contributed by atoms with van der Waals surface area (Å²) in [5, 5.41) is 8.73. The first-order valence-corrected chi connectivity index (χ1v) is 13.6. The topological polar surface area (TPSA) is 135 Å². The second kappa shape index (κ2) is 13.1. The Morgan fingerprint density at radius 2 is 1.76 bits per heavy atom. The highest BCUT2D eigenvalue weighted by Gasteiger charge is 2.41. The predicted molar refractivity (Wildman–Crippen MR) is 139 cm³/mol. The number of hydrogen-bond donors (Lipinski definition) is 3. The van der Waals surface area contributed by atoms with Gasteiger partial charge in [-0.05, 0) is 31.4 Å². The molecule has 208 valence electrons. The van der Waals surface area contributed by atoms with E-state index in [1.165, 1.54) is 0 Å². The standard InChI is InChI=1S/C27H38N4O7/c1-2-3-7-20(24(33)25(34)29-19-8-9-21-22(16-19)38-18-37-21)30-26(35)27(10-5-4-6-11-27)28-17-23(32)31-12-14-36-15-13-31/h8-9,16,20,28H,2-7,10-15,17-18H2,1H3,(H,29,34)(H,30,35)/t20-/m0/s1. The van der Waals surface area contributed by atoms with Gasteiger partial charge in [0.2, 0.25) is 24.4 Å². The lowest BCUT2D eigenvalue weighted by Crippen LogP contribution is -2.62. The number of amides is 3. The van der Waals surface area contributed by atoms with Gasteiger partial charge in [-0.3, -0.25) is 24.5 Å². The van der Waals surface area contributed by atoms with Crippen molar-refractivity contribution in [3.05, 3.63) is 18.2 Å². The summed E-state index contributed by atoms with van der Waals surface area (Å²) in [7, 11) is 0. The number of unbranched alkanes of at least 4 members (excludes halogenated alkanes) is 1. The Kier molecular flexibility index (Phi) is 9.57. The molecule has 11 nitrogen and oxygen atoms in total. The first-order chi connectivity index (χ1) is 18.4. The molecule has 3 amide bonds. The maximum atomic E-state index is 13.7. The molecule has 38 heavy (non-hydrogen) atoms. The molecule has 2 aliphatic heterocycles. The fraction of sp³-hybridized carbons (Fsp3) is 0.630. The van der Waals surface area contributed by atoms with Gasteiger partial charge in [-0.2, -0.15) is 0 Å². The van der Waals surface area contributed by atoms with E-state index in [0.717, 1.165) is 25.7 Å². The van der Waals surface area contributed by atoms with E-state index in [1.807, 2.05) is 6.92 Å². The lowest BCUT2D eigenvalue weighted by Gasteiger charge is -2.38. The summed E-state index contributed by atoms with van der Waals surface area (Å²) in [6.45, 7) is 4.20. The Morgan fingerprint density at radius 1 is 1.03 bits per heavy atom. The quantitative estimate of drug-likeness (QED) is 0.368. The third-order valence-corrected chi connectivity index (χ3v) is 7.41. The van der Waals surface area contributed by atoms with E-state index in [-0.39, 0.29) is 25.2 Å². The fourth-order valence-corrected chi connectivity index (χ4v) is 5.11. The number of carbonyl (C=O) groups is 4. The third-order valence-electron chi connectivity index (χ3n) is 7.41. The van der Waals surface area contributed by atoms with Crippen molar-refractivity contribution >= 4 is 29.2 Å². The summed E-state index contributed by atoms with van der Waals surface area (Å²) >= 11 is 0. The molecular formula is C27H38N4O7. The molecule has 0 unspecified atom stereocenters. The largest absolute Gasteiger partial charge is 0.454 e. The minimum absolute atomic E-state index is 0.0333. The molecule has 1 aliphatic carbocycles. The van der Waals surface area contributed by atoms with Crippen molar-refractivity contribution in [2.24, 2.45) is 0 Å². The van der Waals surface area contributed by atoms with E-state index in [4.69, 9.17) is 14.2 Å². The van der Waals surface area contributed by atoms with E-state index >= 15 is 0 Å². The fourth-order valence-electron chi connectivity index (χ4n) is 5.11. The molecular weight excluding hydrogens is 492 g/mol. The number of ether oxygens (including phenoxy) is 3. The van der Waals surface area contributed by atoms with Crippen LogP contribution in [0.2, 0.25) is 0 Å². The van der Waals surface area contributed by atoms with Crippen LogP contribution in [0.3, 0.4) is 0 Å². The van der Waals surface area contributed by atoms with Gasteiger partial charge in [0.25, 0.3) is 5.91 Å². The maximum absolute atomic E-state index is 13.7. The van der Waals surface area contributed by atoms with Gasteiger partial charge in [0.15, 0.2) is 11.5 Å². The van der Waals surface area contributed by atoms with Crippen molar-refractivity contribution in [3.8, 4) is 11.5 Å². The second-order valence-electron chi connectivity index (χ2n) is 10.0. The summed E-state index contributed by atoms with van der Waals surface area (Å²) in [5.74, 6) is -0.869. The van der Waals surface area contributed by atoms with Crippen molar-refractivity contribution in [2.75, 3.05) is 45.0 Å². The number of benzene rings is 1. The van der Waals surface area contributed by atoms with E-state index in [0.29, 0.717) is 69.2 Å². The number of fused-ring (bicyclic) bond motifs is 1. The predicted octanol–water partition coefficient (Wildman–Crippen LogP) is 1.75. The van der Waals surface area contributed by atoms with E-state index in [2.05, 4.69) is 16.0 Å². The zero-order chi connectivity index (χ0) is 27.0. The van der Waals surface area contributed by atoms with Gasteiger partial charge >= 0.3 is 0 Å². The number of anilines is 1. The van der Waals surface area contributed by atoms with Crippen molar-refractivity contribution < 1.29 is 33.4 Å². The minimum Gasteiger partial charge on any atom is -0.454 e. The summed E-state index contributed by atoms with van der Waals surface area (Å²) < 4.78 is 15.9. The summed E-state index contributed by atoms with van der Waals surface area (Å²) in [5.41, 5.74) is -0.557. The molecule has 1 saturated heterocycles. The molecule has 1 aromatic carbocycles. The molecule has 0 bridgehead atoms. The lowest BCUT2D eigenvalue weighted by molar-refractivity contribution is -0.139. The minimum atomic E-state index is -0.966. The first kappa shape index (κ1) is 27.8. The molecule has 0 aromatic heterocycles. The number of morpholine rings is 1. The van der Waals surface area contributed by atoms with Gasteiger partial charge in [-0.25, -0.2) is 0 Å². The van der Waals surface area contributed by atoms with Crippen LogP contribution >= 0.6 is 0 Å². The molecule has 0 spiro atoms. The molecule has 2 heterocycles. The van der Waals surface area contributed by atoms with Gasteiger partial charge in [-0.1, -0.05) is 39.0 Å². The average Bonchev–Trinajstić information content (AvgIpc) is 3.42. The van der Waals surface area contributed by atoms with Gasteiger partial charge in [0.05, 0.1) is 31.3 Å². The Labute approximate surface area is 222 Å². The molecule has 3 N–H and O–H groups in total. The molecule has 2 fully saturated rings. The number of Topliss-reactive ketones (excluding diaryl/α,β-unsaturated/α-hetero) is 1. The van der Waals surface area contributed by atoms with Crippen molar-refractivity contribution in [3.63, 3.8) is 0 Å². The normalized spacial score (nSPS) is 18.9. The van der Waals surface area contributed by atoms with E-state index in [1.54, 1.807) is 23.1 Å². The summed E-state index contributed by atoms with van der Waals surface area (Å²) in [6.07, 6.45) is 5.63. The average molecular weight is 531 g/mol. The molecule has 3 aliphatic rings. The molecule has 0 radical (unpaired) electrons. The monoisotopic (exact) mass is 530 g/mol. The zero-order valence-electron chi connectivity index (χ0n) is 22.0.